The zero-order valence-electron chi connectivity index (χ0n) is 11.1. The first-order valence-electron chi connectivity index (χ1n) is 6.45. The lowest BCUT2D eigenvalue weighted by atomic mass is 10.1. The van der Waals surface area contributed by atoms with Crippen molar-refractivity contribution in [3.8, 4) is 0 Å². The molecule has 1 aromatic rings. The third-order valence-electron chi connectivity index (χ3n) is 2.61. The lowest BCUT2D eigenvalue weighted by molar-refractivity contribution is 0.0492. The van der Waals surface area contributed by atoms with Crippen LogP contribution in [0.25, 0.3) is 0 Å². The summed E-state index contributed by atoms with van der Waals surface area (Å²) in [6.07, 6.45) is 5.64. The van der Waals surface area contributed by atoms with Crippen molar-refractivity contribution in [1.82, 2.24) is 9.97 Å². The molecule has 17 heavy (non-hydrogen) atoms. The van der Waals surface area contributed by atoms with Crippen molar-refractivity contribution in [3.05, 3.63) is 17.7 Å². The molecule has 0 spiro atoms. The van der Waals surface area contributed by atoms with Gasteiger partial charge in [-0.15, -0.1) is 0 Å². The van der Waals surface area contributed by atoms with Gasteiger partial charge in [0.1, 0.15) is 6.10 Å². The molecule has 0 radical (unpaired) electrons. The van der Waals surface area contributed by atoms with Gasteiger partial charge in [0.2, 0.25) is 0 Å². The highest BCUT2D eigenvalue weighted by atomic mass is 16.5. The van der Waals surface area contributed by atoms with Crippen molar-refractivity contribution in [2.24, 2.45) is 0 Å². The van der Waals surface area contributed by atoms with E-state index >= 15 is 0 Å². The van der Waals surface area contributed by atoms with Gasteiger partial charge >= 0.3 is 0 Å². The van der Waals surface area contributed by atoms with Gasteiger partial charge in [-0.25, -0.2) is 9.97 Å². The van der Waals surface area contributed by atoms with E-state index in [0.29, 0.717) is 12.3 Å². The minimum absolute atomic E-state index is 0.00112. The Morgan fingerprint density at radius 2 is 2.06 bits per heavy atom. The first-order valence-corrected chi connectivity index (χ1v) is 6.45. The van der Waals surface area contributed by atoms with Gasteiger partial charge in [0.15, 0.2) is 5.82 Å². The number of nitrogen functional groups attached to an aromatic ring is 1. The molecule has 1 atom stereocenters. The van der Waals surface area contributed by atoms with Crippen molar-refractivity contribution in [3.63, 3.8) is 0 Å². The first kappa shape index (κ1) is 13.9. The molecular weight excluding hydrogens is 214 g/mol. The molecule has 1 unspecified atom stereocenters. The molecule has 1 rings (SSSR count). The summed E-state index contributed by atoms with van der Waals surface area (Å²) in [5, 5.41) is 0. The zero-order valence-corrected chi connectivity index (χ0v) is 11.1. The van der Waals surface area contributed by atoms with E-state index in [9.17, 15) is 0 Å². The maximum atomic E-state index is 5.86. The standard InChI is InChI=1S/C13H23N3O/c1-4-7-11-10(14)9-15-13(16-11)12(8-5-2)17-6-3/h9,12H,4-8,14H2,1-3H3. The van der Waals surface area contributed by atoms with E-state index < -0.39 is 0 Å². The summed E-state index contributed by atoms with van der Waals surface area (Å²) in [6, 6.07) is 0. The van der Waals surface area contributed by atoms with Crippen LogP contribution >= 0.6 is 0 Å². The first-order chi connectivity index (χ1) is 8.22. The van der Waals surface area contributed by atoms with E-state index in [1.807, 2.05) is 6.92 Å². The van der Waals surface area contributed by atoms with Crippen LogP contribution in [0.1, 0.15) is 57.7 Å². The molecule has 0 bridgehead atoms. The highest BCUT2D eigenvalue weighted by molar-refractivity contribution is 5.40. The minimum Gasteiger partial charge on any atom is -0.396 e. The smallest absolute Gasteiger partial charge is 0.157 e. The molecule has 2 N–H and O–H groups in total. The minimum atomic E-state index is 0.00112. The van der Waals surface area contributed by atoms with Crippen LogP contribution in [0.5, 0.6) is 0 Å². The summed E-state index contributed by atoms with van der Waals surface area (Å²) in [6.45, 7) is 6.93. The normalized spacial score (nSPS) is 12.6. The molecular formula is C13H23N3O. The second kappa shape index (κ2) is 7.22. The zero-order chi connectivity index (χ0) is 12.7. The highest BCUT2D eigenvalue weighted by Crippen LogP contribution is 2.21. The molecule has 0 amide bonds. The average molecular weight is 237 g/mol. The Balaban J connectivity index is 2.90. The molecule has 0 aromatic carbocycles. The molecule has 0 saturated carbocycles. The summed E-state index contributed by atoms with van der Waals surface area (Å²) in [5.74, 6) is 0.770. The Kier molecular flexibility index (Phi) is 5.91. The number of nitrogens with zero attached hydrogens (tertiary/aromatic N) is 2. The molecule has 0 saturated heterocycles. The van der Waals surface area contributed by atoms with Crippen molar-refractivity contribution in [1.29, 1.82) is 0 Å². The molecule has 0 aliphatic carbocycles. The number of ether oxygens (including phenoxy) is 1. The largest absolute Gasteiger partial charge is 0.396 e. The molecule has 1 aromatic heterocycles. The fourth-order valence-corrected chi connectivity index (χ4v) is 1.78. The van der Waals surface area contributed by atoms with Gasteiger partial charge in [0.05, 0.1) is 17.6 Å². The third kappa shape index (κ3) is 3.97. The van der Waals surface area contributed by atoms with Crippen LogP contribution in [-0.4, -0.2) is 16.6 Å². The second-order valence-electron chi connectivity index (χ2n) is 4.11. The number of anilines is 1. The van der Waals surface area contributed by atoms with E-state index in [1.54, 1.807) is 6.20 Å². The third-order valence-corrected chi connectivity index (χ3v) is 2.61. The predicted molar refractivity (Wildman–Crippen MR) is 69.7 cm³/mol. The summed E-state index contributed by atoms with van der Waals surface area (Å²) in [7, 11) is 0. The van der Waals surface area contributed by atoms with Crippen LogP contribution < -0.4 is 5.73 Å². The van der Waals surface area contributed by atoms with E-state index in [-0.39, 0.29) is 6.10 Å². The molecule has 4 nitrogen and oxygen atoms in total. The molecule has 96 valence electrons. The Bertz CT molecular complexity index is 335. The maximum Gasteiger partial charge on any atom is 0.157 e. The fourth-order valence-electron chi connectivity index (χ4n) is 1.78. The summed E-state index contributed by atoms with van der Waals surface area (Å²) in [5.41, 5.74) is 7.48. The number of hydrogen-bond donors (Lipinski definition) is 1. The second-order valence-corrected chi connectivity index (χ2v) is 4.11. The van der Waals surface area contributed by atoms with Crippen LogP contribution in [-0.2, 0) is 11.2 Å². The quantitative estimate of drug-likeness (QED) is 0.792. The summed E-state index contributed by atoms with van der Waals surface area (Å²) in [4.78, 5) is 8.84. The van der Waals surface area contributed by atoms with E-state index in [2.05, 4.69) is 23.8 Å². The molecule has 0 aliphatic rings. The number of aryl methyl sites for hydroxylation is 1. The fraction of sp³-hybridized carbons (Fsp3) is 0.692. The number of rotatable bonds is 7. The highest BCUT2D eigenvalue weighted by Gasteiger charge is 2.15. The van der Waals surface area contributed by atoms with Gasteiger partial charge in [0.25, 0.3) is 0 Å². The van der Waals surface area contributed by atoms with Crippen LogP contribution in [0.15, 0.2) is 6.20 Å². The Morgan fingerprint density at radius 3 is 2.65 bits per heavy atom. The number of hydrogen-bond acceptors (Lipinski definition) is 4. The van der Waals surface area contributed by atoms with Gasteiger partial charge in [-0.2, -0.15) is 0 Å². The summed E-state index contributed by atoms with van der Waals surface area (Å²) >= 11 is 0. The van der Waals surface area contributed by atoms with Crippen molar-refractivity contribution in [2.45, 2.75) is 52.6 Å². The van der Waals surface area contributed by atoms with Gasteiger partial charge < -0.3 is 10.5 Å². The van der Waals surface area contributed by atoms with Crippen molar-refractivity contribution < 1.29 is 4.74 Å². The predicted octanol–water partition coefficient (Wildman–Crippen LogP) is 2.89. The van der Waals surface area contributed by atoms with Crippen LogP contribution in [0.4, 0.5) is 5.69 Å². The van der Waals surface area contributed by atoms with Crippen LogP contribution in [0, 0.1) is 0 Å². The molecule has 0 aliphatic heterocycles. The van der Waals surface area contributed by atoms with Crippen LogP contribution in [0.3, 0.4) is 0 Å². The Morgan fingerprint density at radius 1 is 1.29 bits per heavy atom. The van der Waals surface area contributed by atoms with E-state index in [1.165, 1.54) is 0 Å². The Hall–Kier alpha value is -1.16. The lowest BCUT2D eigenvalue weighted by Gasteiger charge is -2.16. The van der Waals surface area contributed by atoms with E-state index in [4.69, 9.17) is 10.5 Å². The SMILES string of the molecule is CCCc1nc(C(CCC)OCC)ncc1N. The maximum absolute atomic E-state index is 5.86. The topological polar surface area (TPSA) is 61.0 Å². The van der Waals surface area contributed by atoms with Crippen molar-refractivity contribution >= 4 is 5.69 Å². The van der Waals surface area contributed by atoms with Gasteiger partial charge in [0, 0.05) is 6.61 Å². The van der Waals surface area contributed by atoms with E-state index in [0.717, 1.165) is 37.2 Å². The average Bonchev–Trinajstić information content (AvgIpc) is 2.32. The van der Waals surface area contributed by atoms with Gasteiger partial charge in [-0.05, 0) is 19.8 Å². The molecule has 0 fully saturated rings. The van der Waals surface area contributed by atoms with Crippen molar-refractivity contribution in [2.75, 3.05) is 12.3 Å². The van der Waals surface area contributed by atoms with Gasteiger partial charge in [-0.1, -0.05) is 26.7 Å². The lowest BCUT2D eigenvalue weighted by Crippen LogP contribution is -2.11. The monoisotopic (exact) mass is 237 g/mol. The van der Waals surface area contributed by atoms with Gasteiger partial charge in [-0.3, -0.25) is 0 Å². The summed E-state index contributed by atoms with van der Waals surface area (Å²) < 4.78 is 5.68. The van der Waals surface area contributed by atoms with Crippen LogP contribution in [0.2, 0.25) is 0 Å². The molecule has 1 heterocycles. The number of aromatic nitrogens is 2. The molecule has 4 heteroatoms. The Labute approximate surface area is 104 Å². The number of nitrogens with two attached hydrogens (primary N) is 1.